The first-order valence-electron chi connectivity index (χ1n) is 9.82. The van der Waals surface area contributed by atoms with Crippen LogP contribution >= 0.6 is 39.9 Å². The molecule has 0 atom stereocenters. The van der Waals surface area contributed by atoms with E-state index in [9.17, 15) is 0 Å². The van der Waals surface area contributed by atoms with E-state index in [1.165, 1.54) is 31.2 Å². The SMILES string of the molecule is CCNC(=NCc1nncn1CC)NCC1(c2ccc(Br)cc2)CCCC1.I. The average Bonchev–Trinajstić information content (AvgIpc) is 3.34. The molecule has 154 valence electrons. The van der Waals surface area contributed by atoms with Gasteiger partial charge in [0, 0.05) is 29.5 Å². The van der Waals surface area contributed by atoms with Gasteiger partial charge in [0.1, 0.15) is 12.9 Å². The van der Waals surface area contributed by atoms with Gasteiger partial charge in [0.2, 0.25) is 0 Å². The third-order valence-electron chi connectivity index (χ3n) is 5.37. The van der Waals surface area contributed by atoms with E-state index in [1.54, 1.807) is 6.33 Å². The summed E-state index contributed by atoms with van der Waals surface area (Å²) in [5.74, 6) is 1.73. The molecule has 2 N–H and O–H groups in total. The molecular formula is C20H30BrIN6. The fourth-order valence-electron chi connectivity index (χ4n) is 3.83. The van der Waals surface area contributed by atoms with Gasteiger partial charge >= 0.3 is 0 Å². The number of aryl methyl sites for hydroxylation is 1. The molecule has 0 saturated heterocycles. The predicted octanol–water partition coefficient (Wildman–Crippen LogP) is 4.25. The highest BCUT2D eigenvalue weighted by Crippen LogP contribution is 2.40. The molecule has 0 radical (unpaired) electrons. The lowest BCUT2D eigenvalue weighted by Gasteiger charge is -2.31. The fourth-order valence-corrected chi connectivity index (χ4v) is 4.10. The molecule has 3 rings (SSSR count). The van der Waals surface area contributed by atoms with Crippen molar-refractivity contribution >= 4 is 45.9 Å². The highest BCUT2D eigenvalue weighted by Gasteiger charge is 2.35. The van der Waals surface area contributed by atoms with Crippen molar-refractivity contribution in [1.82, 2.24) is 25.4 Å². The Bertz CT molecular complexity index is 752. The van der Waals surface area contributed by atoms with E-state index in [0.29, 0.717) is 6.54 Å². The maximum absolute atomic E-state index is 4.73. The Hall–Kier alpha value is -1.16. The van der Waals surface area contributed by atoms with Crippen molar-refractivity contribution in [3.05, 3.63) is 46.5 Å². The Labute approximate surface area is 193 Å². The zero-order valence-corrected chi connectivity index (χ0v) is 20.5. The van der Waals surface area contributed by atoms with Crippen LogP contribution in [0.2, 0.25) is 0 Å². The highest BCUT2D eigenvalue weighted by molar-refractivity contribution is 14.0. The van der Waals surface area contributed by atoms with Gasteiger partial charge in [-0.3, -0.25) is 0 Å². The molecule has 0 spiro atoms. The van der Waals surface area contributed by atoms with Crippen molar-refractivity contribution in [1.29, 1.82) is 0 Å². The van der Waals surface area contributed by atoms with E-state index >= 15 is 0 Å². The number of rotatable bonds is 7. The minimum absolute atomic E-state index is 0. The summed E-state index contributed by atoms with van der Waals surface area (Å²) in [6.45, 7) is 7.27. The van der Waals surface area contributed by atoms with Gasteiger partial charge in [0.25, 0.3) is 0 Å². The standard InChI is InChI=1S/C20H29BrN6.HI/c1-3-22-19(23-13-18-26-25-15-27(18)4-2)24-14-20(11-5-6-12-20)16-7-9-17(21)10-8-16;/h7-10,15H,3-6,11-14H2,1-2H3,(H2,22,23,24);1H. The Morgan fingerprint density at radius 1 is 1.18 bits per heavy atom. The number of halogens is 2. The monoisotopic (exact) mass is 560 g/mol. The molecule has 1 heterocycles. The smallest absolute Gasteiger partial charge is 0.191 e. The molecule has 0 unspecified atom stereocenters. The molecule has 2 aromatic rings. The van der Waals surface area contributed by atoms with Gasteiger partial charge in [-0.1, -0.05) is 40.9 Å². The van der Waals surface area contributed by atoms with E-state index in [-0.39, 0.29) is 29.4 Å². The van der Waals surface area contributed by atoms with Crippen LogP contribution in [0, 0.1) is 0 Å². The minimum Gasteiger partial charge on any atom is -0.357 e. The summed E-state index contributed by atoms with van der Waals surface area (Å²) >= 11 is 3.55. The second-order valence-electron chi connectivity index (χ2n) is 7.08. The van der Waals surface area contributed by atoms with Crippen LogP contribution < -0.4 is 10.6 Å². The van der Waals surface area contributed by atoms with Crippen LogP contribution in [0.25, 0.3) is 0 Å². The summed E-state index contributed by atoms with van der Waals surface area (Å²) in [7, 11) is 0. The molecule has 0 bridgehead atoms. The molecule has 1 fully saturated rings. The van der Waals surface area contributed by atoms with E-state index in [0.717, 1.165) is 35.9 Å². The largest absolute Gasteiger partial charge is 0.357 e. The number of hydrogen-bond acceptors (Lipinski definition) is 3. The molecule has 1 aliphatic carbocycles. The third kappa shape index (κ3) is 5.68. The van der Waals surface area contributed by atoms with Crippen molar-refractivity contribution in [2.75, 3.05) is 13.1 Å². The maximum Gasteiger partial charge on any atom is 0.191 e. The summed E-state index contributed by atoms with van der Waals surface area (Å²) in [6.07, 6.45) is 6.75. The maximum atomic E-state index is 4.73. The van der Waals surface area contributed by atoms with Crippen LogP contribution in [0.4, 0.5) is 0 Å². The highest BCUT2D eigenvalue weighted by atomic mass is 127. The summed E-state index contributed by atoms with van der Waals surface area (Å²) < 4.78 is 3.15. The van der Waals surface area contributed by atoms with Gasteiger partial charge in [-0.05, 0) is 44.4 Å². The van der Waals surface area contributed by atoms with Gasteiger partial charge < -0.3 is 15.2 Å². The number of aliphatic imine (C=N–C) groups is 1. The minimum atomic E-state index is 0. The normalized spacial score (nSPS) is 15.9. The van der Waals surface area contributed by atoms with Crippen LogP contribution in [0.3, 0.4) is 0 Å². The van der Waals surface area contributed by atoms with E-state index in [2.05, 4.69) is 74.9 Å². The van der Waals surface area contributed by atoms with Gasteiger partial charge in [-0.15, -0.1) is 34.2 Å². The number of hydrogen-bond donors (Lipinski definition) is 2. The predicted molar refractivity (Wildman–Crippen MR) is 128 cm³/mol. The second kappa shape index (κ2) is 11.1. The van der Waals surface area contributed by atoms with E-state index in [4.69, 9.17) is 4.99 Å². The number of benzene rings is 1. The zero-order chi connectivity index (χ0) is 19.1. The fraction of sp³-hybridized carbons (Fsp3) is 0.550. The molecular weight excluding hydrogens is 531 g/mol. The molecule has 28 heavy (non-hydrogen) atoms. The van der Waals surface area contributed by atoms with Crippen molar-refractivity contribution in [2.24, 2.45) is 4.99 Å². The summed E-state index contributed by atoms with van der Waals surface area (Å²) in [5, 5.41) is 15.1. The number of nitrogens with zero attached hydrogens (tertiary/aromatic N) is 4. The van der Waals surface area contributed by atoms with Crippen LogP contribution in [0.5, 0.6) is 0 Å². The lowest BCUT2D eigenvalue weighted by molar-refractivity contribution is 0.431. The summed E-state index contributed by atoms with van der Waals surface area (Å²) in [6, 6.07) is 8.80. The quantitative estimate of drug-likeness (QED) is 0.302. The average molecular weight is 561 g/mol. The topological polar surface area (TPSA) is 67.1 Å². The first kappa shape index (κ1) is 23.1. The first-order valence-corrected chi connectivity index (χ1v) is 10.6. The molecule has 0 amide bonds. The van der Waals surface area contributed by atoms with Gasteiger partial charge in [0.05, 0.1) is 0 Å². The lowest BCUT2D eigenvalue weighted by Crippen LogP contribution is -2.44. The molecule has 1 saturated carbocycles. The van der Waals surface area contributed by atoms with Crippen molar-refractivity contribution < 1.29 is 0 Å². The molecule has 0 aliphatic heterocycles. The third-order valence-corrected chi connectivity index (χ3v) is 5.90. The van der Waals surface area contributed by atoms with E-state index in [1.807, 2.05) is 4.57 Å². The zero-order valence-electron chi connectivity index (χ0n) is 16.6. The number of aromatic nitrogens is 3. The summed E-state index contributed by atoms with van der Waals surface area (Å²) in [5.41, 5.74) is 1.60. The van der Waals surface area contributed by atoms with Gasteiger partial charge in [-0.2, -0.15) is 0 Å². The van der Waals surface area contributed by atoms with Gasteiger partial charge in [-0.25, -0.2) is 4.99 Å². The van der Waals surface area contributed by atoms with Gasteiger partial charge in [0.15, 0.2) is 11.8 Å². The molecule has 1 aromatic heterocycles. The van der Waals surface area contributed by atoms with Crippen LogP contribution in [0.1, 0.15) is 50.9 Å². The Morgan fingerprint density at radius 2 is 1.89 bits per heavy atom. The van der Waals surface area contributed by atoms with Crippen LogP contribution in [-0.2, 0) is 18.5 Å². The van der Waals surface area contributed by atoms with E-state index < -0.39 is 0 Å². The van der Waals surface area contributed by atoms with Crippen molar-refractivity contribution in [2.45, 2.75) is 58.0 Å². The summed E-state index contributed by atoms with van der Waals surface area (Å²) in [4.78, 5) is 4.73. The molecule has 6 nitrogen and oxygen atoms in total. The molecule has 1 aromatic carbocycles. The number of nitrogens with one attached hydrogen (secondary N) is 2. The van der Waals surface area contributed by atoms with Crippen LogP contribution in [-0.4, -0.2) is 33.8 Å². The molecule has 1 aliphatic rings. The lowest BCUT2D eigenvalue weighted by atomic mass is 9.79. The first-order chi connectivity index (χ1) is 13.2. The Balaban J connectivity index is 0.00000280. The second-order valence-corrected chi connectivity index (χ2v) is 7.99. The van der Waals surface area contributed by atoms with Crippen LogP contribution in [0.15, 0.2) is 40.1 Å². The van der Waals surface area contributed by atoms with Crippen molar-refractivity contribution in [3.8, 4) is 0 Å². The van der Waals surface area contributed by atoms with Crippen molar-refractivity contribution in [3.63, 3.8) is 0 Å². The molecule has 8 heteroatoms. The Morgan fingerprint density at radius 3 is 2.54 bits per heavy atom. The number of guanidine groups is 1. The Kier molecular flexibility index (Phi) is 9.20.